The molecule has 0 aliphatic heterocycles. The van der Waals surface area contributed by atoms with Gasteiger partial charge in [0, 0.05) is 53.5 Å². The van der Waals surface area contributed by atoms with Gasteiger partial charge in [-0.3, -0.25) is 0 Å². The number of methoxy groups -OCH3 is 1. The molecule has 0 unspecified atom stereocenters. The number of nitrogens with two attached hydrogens (primary N) is 1. The zero-order valence-corrected chi connectivity index (χ0v) is 18.5. The van der Waals surface area contributed by atoms with E-state index < -0.39 is 5.97 Å². The summed E-state index contributed by atoms with van der Waals surface area (Å²) in [6, 6.07) is 16.3. The van der Waals surface area contributed by atoms with Crippen molar-refractivity contribution in [3.63, 3.8) is 0 Å². The highest BCUT2D eigenvalue weighted by atomic mass is 16.5. The summed E-state index contributed by atoms with van der Waals surface area (Å²) in [6.07, 6.45) is 6.31. The molecular weight excluding hydrogens is 416 g/mol. The Labute approximate surface area is 191 Å². The predicted octanol–water partition coefficient (Wildman–Crippen LogP) is 4.50. The molecule has 2 aromatic heterocycles. The number of hydrogen-bond acceptors (Lipinski definition) is 5. The number of carbonyl (C=O) groups is 1. The van der Waals surface area contributed by atoms with Crippen LogP contribution >= 0.6 is 0 Å². The van der Waals surface area contributed by atoms with E-state index in [2.05, 4.69) is 34.2 Å². The standard InChI is InChI=1S/C26H26N4O3/c1-33-14-13-30-21-6-3-2-5-20(21)22(23(30)24(31)32)26(11-4-12-26)19-9-7-17(8-10-19)18-15-28-25(27)29-16-18/h2-3,5-10,15-16H,4,11-14H2,1H3,(H,31,32)(H2,27,28,29). The van der Waals surface area contributed by atoms with Gasteiger partial charge in [0.2, 0.25) is 5.95 Å². The molecule has 0 bridgehead atoms. The Morgan fingerprint density at radius 2 is 1.79 bits per heavy atom. The number of aromatic nitrogens is 3. The van der Waals surface area contributed by atoms with Crippen LogP contribution < -0.4 is 5.73 Å². The van der Waals surface area contributed by atoms with Crippen LogP contribution in [0.5, 0.6) is 0 Å². The molecule has 1 fully saturated rings. The van der Waals surface area contributed by atoms with Crippen molar-refractivity contribution in [3.8, 4) is 11.1 Å². The Balaban J connectivity index is 1.66. The van der Waals surface area contributed by atoms with Crippen LogP contribution in [0.3, 0.4) is 0 Å². The minimum Gasteiger partial charge on any atom is -0.477 e. The molecule has 7 nitrogen and oxygen atoms in total. The van der Waals surface area contributed by atoms with Crippen LogP contribution in [-0.2, 0) is 16.7 Å². The van der Waals surface area contributed by atoms with Crippen LogP contribution in [0.25, 0.3) is 22.0 Å². The van der Waals surface area contributed by atoms with E-state index in [9.17, 15) is 9.90 Å². The Bertz CT molecular complexity index is 1310. The van der Waals surface area contributed by atoms with Crippen molar-refractivity contribution in [2.45, 2.75) is 31.2 Å². The van der Waals surface area contributed by atoms with Gasteiger partial charge in [-0.05, 0) is 30.0 Å². The first-order valence-corrected chi connectivity index (χ1v) is 11.1. The second-order valence-corrected chi connectivity index (χ2v) is 8.53. The first-order valence-electron chi connectivity index (χ1n) is 11.1. The van der Waals surface area contributed by atoms with E-state index >= 15 is 0 Å². The fraction of sp³-hybridized carbons (Fsp3) is 0.269. The van der Waals surface area contributed by atoms with E-state index in [1.807, 2.05) is 28.8 Å². The summed E-state index contributed by atoms with van der Waals surface area (Å²) >= 11 is 0. The third-order valence-corrected chi connectivity index (χ3v) is 6.82. The highest BCUT2D eigenvalue weighted by Crippen LogP contribution is 2.53. The van der Waals surface area contributed by atoms with Crippen molar-refractivity contribution in [2.24, 2.45) is 0 Å². The molecule has 168 valence electrons. The molecule has 2 aromatic carbocycles. The monoisotopic (exact) mass is 442 g/mol. The van der Waals surface area contributed by atoms with Gasteiger partial charge in [-0.15, -0.1) is 0 Å². The minimum absolute atomic E-state index is 0.245. The van der Waals surface area contributed by atoms with Gasteiger partial charge >= 0.3 is 5.97 Å². The number of carboxylic acids is 1. The topological polar surface area (TPSA) is 103 Å². The van der Waals surface area contributed by atoms with Gasteiger partial charge in [0.25, 0.3) is 0 Å². The number of rotatable bonds is 7. The Kier molecular flexibility index (Phi) is 5.34. The number of para-hydroxylation sites is 1. The van der Waals surface area contributed by atoms with Crippen molar-refractivity contribution in [1.82, 2.24) is 14.5 Å². The normalized spacial score (nSPS) is 14.8. The van der Waals surface area contributed by atoms with Crippen LogP contribution in [0.2, 0.25) is 0 Å². The molecule has 5 rings (SSSR count). The van der Waals surface area contributed by atoms with Gasteiger partial charge in [0.05, 0.1) is 6.61 Å². The first kappa shape index (κ1) is 21.2. The number of carboxylic acid groups (broad SMARTS) is 1. The van der Waals surface area contributed by atoms with E-state index in [0.717, 1.165) is 52.4 Å². The minimum atomic E-state index is -0.903. The van der Waals surface area contributed by atoms with Crippen molar-refractivity contribution in [3.05, 3.63) is 77.7 Å². The van der Waals surface area contributed by atoms with E-state index in [-0.39, 0.29) is 11.4 Å². The van der Waals surface area contributed by atoms with Crippen molar-refractivity contribution >= 4 is 22.8 Å². The van der Waals surface area contributed by atoms with E-state index in [0.29, 0.717) is 18.8 Å². The highest BCUT2D eigenvalue weighted by molar-refractivity contribution is 5.99. The molecule has 0 amide bonds. The Morgan fingerprint density at radius 3 is 2.39 bits per heavy atom. The third-order valence-electron chi connectivity index (χ3n) is 6.82. The number of nitrogen functional groups attached to an aromatic ring is 1. The first-order chi connectivity index (χ1) is 16.0. The van der Waals surface area contributed by atoms with Gasteiger partial charge in [-0.1, -0.05) is 48.9 Å². The Hall–Kier alpha value is -3.71. The molecule has 2 heterocycles. The lowest BCUT2D eigenvalue weighted by atomic mass is 9.59. The van der Waals surface area contributed by atoms with Crippen molar-refractivity contribution < 1.29 is 14.6 Å². The lowest BCUT2D eigenvalue weighted by Gasteiger charge is -2.43. The largest absolute Gasteiger partial charge is 0.477 e. The fourth-order valence-electron chi connectivity index (χ4n) is 5.11. The predicted molar refractivity (Wildman–Crippen MR) is 127 cm³/mol. The summed E-state index contributed by atoms with van der Waals surface area (Å²) in [5.41, 5.74) is 10.5. The quantitative estimate of drug-likeness (QED) is 0.437. The van der Waals surface area contributed by atoms with Gasteiger partial charge in [-0.2, -0.15) is 0 Å². The van der Waals surface area contributed by atoms with Crippen LogP contribution in [0.1, 0.15) is 40.9 Å². The molecule has 4 aromatic rings. The fourth-order valence-corrected chi connectivity index (χ4v) is 5.11. The summed E-state index contributed by atoms with van der Waals surface area (Å²) in [7, 11) is 1.63. The van der Waals surface area contributed by atoms with Gasteiger partial charge in [0.1, 0.15) is 5.69 Å². The summed E-state index contributed by atoms with van der Waals surface area (Å²) in [6.45, 7) is 0.939. The van der Waals surface area contributed by atoms with Crippen molar-refractivity contribution in [2.75, 3.05) is 19.5 Å². The van der Waals surface area contributed by atoms with E-state index in [1.54, 1.807) is 19.5 Å². The molecule has 0 saturated heterocycles. The second kappa shape index (κ2) is 8.33. The van der Waals surface area contributed by atoms with Crippen molar-refractivity contribution in [1.29, 1.82) is 0 Å². The Morgan fingerprint density at radius 1 is 1.09 bits per heavy atom. The van der Waals surface area contributed by atoms with Gasteiger partial charge in [-0.25, -0.2) is 14.8 Å². The average Bonchev–Trinajstić information content (AvgIpc) is 3.13. The average molecular weight is 443 g/mol. The lowest BCUT2D eigenvalue weighted by Crippen LogP contribution is -2.37. The van der Waals surface area contributed by atoms with Crippen LogP contribution in [0.15, 0.2) is 60.9 Å². The highest BCUT2D eigenvalue weighted by Gasteiger charge is 2.45. The second-order valence-electron chi connectivity index (χ2n) is 8.53. The molecular formula is C26H26N4O3. The smallest absolute Gasteiger partial charge is 0.352 e. The van der Waals surface area contributed by atoms with Crippen LogP contribution in [-0.4, -0.2) is 39.3 Å². The third kappa shape index (κ3) is 3.45. The number of aromatic carboxylic acids is 1. The summed E-state index contributed by atoms with van der Waals surface area (Å²) in [5.74, 6) is -0.658. The number of ether oxygens (including phenoxy) is 1. The number of nitrogens with zero attached hydrogens (tertiary/aromatic N) is 3. The number of anilines is 1. The van der Waals surface area contributed by atoms with Crippen LogP contribution in [0, 0.1) is 0 Å². The molecule has 0 radical (unpaired) electrons. The molecule has 0 spiro atoms. The van der Waals surface area contributed by atoms with E-state index in [1.165, 1.54) is 0 Å². The zero-order valence-electron chi connectivity index (χ0n) is 18.5. The summed E-state index contributed by atoms with van der Waals surface area (Å²) in [4.78, 5) is 20.7. The van der Waals surface area contributed by atoms with E-state index in [4.69, 9.17) is 10.5 Å². The SMILES string of the molecule is COCCn1c(C(=O)O)c(C2(c3ccc(-c4cnc(N)nc4)cc3)CCC2)c2ccccc21. The molecule has 33 heavy (non-hydrogen) atoms. The van der Waals surface area contributed by atoms with Gasteiger partial charge in [0.15, 0.2) is 0 Å². The maximum absolute atomic E-state index is 12.6. The molecule has 3 N–H and O–H groups in total. The van der Waals surface area contributed by atoms with Gasteiger partial charge < -0.3 is 20.1 Å². The zero-order chi connectivity index (χ0) is 23.0. The molecule has 1 aliphatic rings. The summed E-state index contributed by atoms with van der Waals surface area (Å²) < 4.78 is 7.18. The molecule has 1 aliphatic carbocycles. The van der Waals surface area contributed by atoms with Crippen LogP contribution in [0.4, 0.5) is 5.95 Å². The summed E-state index contributed by atoms with van der Waals surface area (Å²) in [5, 5.41) is 11.3. The molecule has 7 heteroatoms. The molecule has 1 saturated carbocycles. The number of hydrogen-bond donors (Lipinski definition) is 2. The number of benzene rings is 2. The maximum Gasteiger partial charge on any atom is 0.352 e. The molecule has 0 atom stereocenters. The number of fused-ring (bicyclic) bond motifs is 1. The maximum atomic E-state index is 12.6. The lowest BCUT2D eigenvalue weighted by molar-refractivity contribution is 0.0678.